The zero-order valence-electron chi connectivity index (χ0n) is 11.1. The van der Waals surface area contributed by atoms with Crippen LogP contribution in [0.1, 0.15) is 25.7 Å². The zero-order valence-corrected chi connectivity index (χ0v) is 12.0. The lowest BCUT2D eigenvalue weighted by Gasteiger charge is -2.04. The Morgan fingerprint density at radius 2 is 1.80 bits per heavy atom. The highest BCUT2D eigenvalue weighted by Crippen LogP contribution is 2.21. The molecule has 0 saturated heterocycles. The molecular formula is C13H18N4O2S. The van der Waals surface area contributed by atoms with Crippen molar-refractivity contribution in [2.45, 2.75) is 30.8 Å². The zero-order chi connectivity index (χ0) is 14.2. The van der Waals surface area contributed by atoms with Crippen LogP contribution in [0, 0.1) is 0 Å². The summed E-state index contributed by atoms with van der Waals surface area (Å²) < 4.78 is 1.66. The fraction of sp³-hybridized carbons (Fsp3) is 0.462. The third kappa shape index (κ3) is 4.21. The molecular weight excluding hydrogens is 276 g/mol. The molecule has 2 aromatic rings. The van der Waals surface area contributed by atoms with Gasteiger partial charge in [-0.2, -0.15) is 4.68 Å². The first-order valence-electron chi connectivity index (χ1n) is 6.62. The summed E-state index contributed by atoms with van der Waals surface area (Å²) in [5, 5.41) is 30.4. The SMILES string of the molecule is OCCCCCCSc1nnnn1-c1ccc(O)cc1. The van der Waals surface area contributed by atoms with E-state index in [1.165, 1.54) is 0 Å². The second-order valence-electron chi connectivity index (χ2n) is 4.38. The maximum Gasteiger partial charge on any atom is 0.214 e. The lowest BCUT2D eigenvalue weighted by molar-refractivity contribution is 0.283. The van der Waals surface area contributed by atoms with Gasteiger partial charge in [-0.1, -0.05) is 24.6 Å². The summed E-state index contributed by atoms with van der Waals surface area (Å²) in [5.74, 6) is 1.17. The largest absolute Gasteiger partial charge is 0.508 e. The van der Waals surface area contributed by atoms with Crippen molar-refractivity contribution in [2.24, 2.45) is 0 Å². The summed E-state index contributed by atoms with van der Waals surface area (Å²) in [6.07, 6.45) is 4.11. The van der Waals surface area contributed by atoms with Gasteiger partial charge in [-0.3, -0.25) is 0 Å². The van der Waals surface area contributed by atoms with E-state index in [0.29, 0.717) is 0 Å². The van der Waals surface area contributed by atoms with Crippen LogP contribution in [0.4, 0.5) is 0 Å². The molecule has 0 bridgehead atoms. The van der Waals surface area contributed by atoms with Crippen molar-refractivity contribution in [3.05, 3.63) is 24.3 Å². The molecule has 0 fully saturated rings. The lowest BCUT2D eigenvalue weighted by atomic mass is 10.2. The van der Waals surface area contributed by atoms with Crippen LogP contribution in [0.2, 0.25) is 0 Å². The predicted molar refractivity (Wildman–Crippen MR) is 77.1 cm³/mol. The number of phenolic OH excluding ortho intramolecular Hbond substituents is 1. The number of nitrogens with zero attached hydrogens (tertiary/aromatic N) is 4. The highest BCUT2D eigenvalue weighted by Gasteiger charge is 2.08. The molecule has 7 heteroatoms. The van der Waals surface area contributed by atoms with Crippen molar-refractivity contribution >= 4 is 11.8 Å². The number of phenols is 1. The maximum absolute atomic E-state index is 9.28. The quantitative estimate of drug-likeness (QED) is 0.572. The molecule has 108 valence electrons. The van der Waals surface area contributed by atoms with Gasteiger partial charge in [-0.15, -0.1) is 5.10 Å². The van der Waals surface area contributed by atoms with E-state index < -0.39 is 0 Å². The van der Waals surface area contributed by atoms with Crippen LogP contribution in [-0.2, 0) is 0 Å². The number of thioether (sulfide) groups is 1. The second kappa shape index (κ2) is 7.86. The predicted octanol–water partition coefficient (Wildman–Crippen LogP) is 2.01. The number of aromatic nitrogens is 4. The van der Waals surface area contributed by atoms with Crippen molar-refractivity contribution in [1.29, 1.82) is 0 Å². The molecule has 0 unspecified atom stereocenters. The number of benzene rings is 1. The number of hydrogen-bond donors (Lipinski definition) is 2. The molecule has 2 N–H and O–H groups in total. The molecule has 0 aliphatic carbocycles. The van der Waals surface area contributed by atoms with Crippen LogP contribution >= 0.6 is 11.8 Å². The first-order valence-corrected chi connectivity index (χ1v) is 7.61. The van der Waals surface area contributed by atoms with Crippen molar-refractivity contribution < 1.29 is 10.2 Å². The van der Waals surface area contributed by atoms with Gasteiger partial charge in [0.05, 0.1) is 5.69 Å². The molecule has 0 spiro atoms. The summed E-state index contributed by atoms with van der Waals surface area (Å²) in [5.41, 5.74) is 0.829. The molecule has 0 radical (unpaired) electrons. The first kappa shape index (κ1) is 14.8. The van der Waals surface area contributed by atoms with E-state index in [9.17, 15) is 5.11 Å². The molecule has 0 atom stereocenters. The molecule has 0 saturated carbocycles. The van der Waals surface area contributed by atoms with E-state index >= 15 is 0 Å². The summed E-state index contributed by atoms with van der Waals surface area (Å²) in [6.45, 7) is 0.270. The van der Waals surface area contributed by atoms with E-state index in [4.69, 9.17) is 5.11 Å². The molecule has 0 amide bonds. The number of aliphatic hydroxyl groups is 1. The lowest BCUT2D eigenvalue weighted by Crippen LogP contribution is -1.99. The van der Waals surface area contributed by atoms with Crippen molar-refractivity contribution in [2.75, 3.05) is 12.4 Å². The number of rotatable bonds is 8. The molecule has 6 nitrogen and oxygen atoms in total. The molecule has 20 heavy (non-hydrogen) atoms. The second-order valence-corrected chi connectivity index (χ2v) is 5.44. The topological polar surface area (TPSA) is 84.1 Å². The van der Waals surface area contributed by atoms with Gasteiger partial charge in [-0.05, 0) is 47.5 Å². The Bertz CT molecular complexity index is 515. The Balaban J connectivity index is 1.87. The normalized spacial score (nSPS) is 10.8. The van der Waals surface area contributed by atoms with E-state index in [1.807, 2.05) is 0 Å². The summed E-state index contributed by atoms with van der Waals surface area (Å²) in [7, 11) is 0. The van der Waals surface area contributed by atoms with Crippen molar-refractivity contribution in [3.8, 4) is 11.4 Å². The van der Waals surface area contributed by atoms with Gasteiger partial charge >= 0.3 is 0 Å². The highest BCUT2D eigenvalue weighted by molar-refractivity contribution is 7.99. The van der Waals surface area contributed by atoms with Crippen molar-refractivity contribution in [3.63, 3.8) is 0 Å². The Morgan fingerprint density at radius 1 is 1.05 bits per heavy atom. The Labute approximate surface area is 121 Å². The fourth-order valence-corrected chi connectivity index (χ4v) is 2.65. The third-order valence-electron chi connectivity index (χ3n) is 2.82. The summed E-state index contributed by atoms with van der Waals surface area (Å²) in [4.78, 5) is 0. The minimum absolute atomic E-state index is 0.222. The number of aromatic hydroxyl groups is 1. The van der Waals surface area contributed by atoms with Gasteiger partial charge in [0.2, 0.25) is 5.16 Å². The van der Waals surface area contributed by atoms with Gasteiger partial charge in [0, 0.05) is 12.4 Å². The Morgan fingerprint density at radius 3 is 2.55 bits per heavy atom. The molecule has 0 aliphatic rings. The van der Waals surface area contributed by atoms with Crippen LogP contribution in [0.3, 0.4) is 0 Å². The maximum atomic E-state index is 9.28. The van der Waals surface area contributed by atoms with E-state index in [-0.39, 0.29) is 12.4 Å². The average molecular weight is 294 g/mol. The average Bonchev–Trinajstić information content (AvgIpc) is 2.92. The first-order chi connectivity index (χ1) is 9.81. The highest BCUT2D eigenvalue weighted by atomic mass is 32.2. The van der Waals surface area contributed by atoms with Crippen LogP contribution in [0.25, 0.3) is 5.69 Å². The number of unbranched alkanes of at least 4 members (excludes halogenated alkanes) is 3. The monoisotopic (exact) mass is 294 g/mol. The van der Waals surface area contributed by atoms with Crippen molar-refractivity contribution in [1.82, 2.24) is 20.2 Å². The third-order valence-corrected chi connectivity index (χ3v) is 3.82. The molecule has 2 rings (SSSR count). The van der Waals surface area contributed by atoms with Gasteiger partial charge in [0.1, 0.15) is 5.75 Å². The summed E-state index contributed by atoms with van der Waals surface area (Å²) >= 11 is 1.61. The van der Waals surface area contributed by atoms with Crippen LogP contribution in [-0.4, -0.2) is 42.8 Å². The number of hydrogen-bond acceptors (Lipinski definition) is 6. The minimum Gasteiger partial charge on any atom is -0.508 e. The van der Waals surface area contributed by atoms with E-state index in [0.717, 1.165) is 42.3 Å². The van der Waals surface area contributed by atoms with Gasteiger partial charge in [-0.25, -0.2) is 0 Å². The van der Waals surface area contributed by atoms with Crippen LogP contribution < -0.4 is 0 Å². The van der Waals surface area contributed by atoms with Crippen LogP contribution in [0.5, 0.6) is 5.75 Å². The molecule has 1 aromatic carbocycles. The fourth-order valence-electron chi connectivity index (χ4n) is 1.76. The van der Waals surface area contributed by atoms with Crippen LogP contribution in [0.15, 0.2) is 29.4 Å². The molecule has 0 aliphatic heterocycles. The summed E-state index contributed by atoms with van der Waals surface area (Å²) in [6, 6.07) is 6.77. The Hall–Kier alpha value is -1.60. The minimum atomic E-state index is 0.222. The Kier molecular flexibility index (Phi) is 5.82. The van der Waals surface area contributed by atoms with Gasteiger partial charge in [0.15, 0.2) is 0 Å². The molecule has 1 heterocycles. The van der Waals surface area contributed by atoms with E-state index in [1.54, 1.807) is 40.7 Å². The number of tetrazole rings is 1. The standard InChI is InChI=1S/C13H18N4O2S/c18-9-3-1-2-4-10-20-13-14-15-16-17(13)11-5-7-12(19)8-6-11/h5-8,18-19H,1-4,9-10H2. The smallest absolute Gasteiger partial charge is 0.214 e. The number of aliphatic hydroxyl groups excluding tert-OH is 1. The molecule has 1 aromatic heterocycles. The van der Waals surface area contributed by atoms with Gasteiger partial charge in [0.25, 0.3) is 0 Å². The van der Waals surface area contributed by atoms with Gasteiger partial charge < -0.3 is 10.2 Å². The van der Waals surface area contributed by atoms with E-state index in [2.05, 4.69) is 15.5 Å².